The Labute approximate surface area is 170 Å². The molecule has 0 saturated carbocycles. The fraction of sp³-hybridized carbons (Fsp3) is 0.591. The van der Waals surface area contributed by atoms with Crippen LogP contribution in [0.3, 0.4) is 0 Å². The number of methoxy groups -OCH3 is 1. The molecule has 0 aliphatic heterocycles. The average molecular weight is 407 g/mol. The Morgan fingerprint density at radius 2 is 1.71 bits per heavy atom. The summed E-state index contributed by atoms with van der Waals surface area (Å²) in [6, 6.07) is 12.3. The molecule has 0 bridgehead atoms. The van der Waals surface area contributed by atoms with Crippen LogP contribution in [0.2, 0.25) is 18.1 Å². The van der Waals surface area contributed by atoms with Gasteiger partial charge in [0.05, 0.1) is 12.0 Å². The summed E-state index contributed by atoms with van der Waals surface area (Å²) < 4.78 is 23.8. The largest absolute Gasteiger partial charge is 0.545 e. The molecule has 0 saturated heterocycles. The predicted octanol–water partition coefficient (Wildman–Crippen LogP) is 4.94. The van der Waals surface area contributed by atoms with Gasteiger partial charge in [-0.1, -0.05) is 39.0 Å². The molecule has 0 aromatic heterocycles. The fourth-order valence-electron chi connectivity index (χ4n) is 3.66. The number of esters is 1. The van der Waals surface area contributed by atoms with Crippen LogP contribution in [0.4, 0.5) is 0 Å². The maximum Gasteiger partial charge on any atom is 0.317 e. The van der Waals surface area contributed by atoms with E-state index in [1.165, 1.54) is 0 Å². The van der Waals surface area contributed by atoms with Crippen LogP contribution in [0.1, 0.15) is 34.1 Å². The molecule has 156 valence electrons. The van der Waals surface area contributed by atoms with Crippen LogP contribution >= 0.6 is 0 Å². The monoisotopic (exact) mass is 406 g/mol. The van der Waals surface area contributed by atoms with Gasteiger partial charge in [-0.2, -0.15) is 0 Å². The number of hydrogen-bond acceptors (Lipinski definition) is 5. The van der Waals surface area contributed by atoms with Crippen molar-refractivity contribution in [1.82, 2.24) is 0 Å². The summed E-state index contributed by atoms with van der Waals surface area (Å²) in [4.78, 5) is 12.9. The minimum Gasteiger partial charge on any atom is -0.545 e. The third-order valence-corrected chi connectivity index (χ3v) is 10.2. The summed E-state index contributed by atoms with van der Waals surface area (Å²) in [5.74, 6) is 0.629. The molecule has 1 aliphatic carbocycles. The van der Waals surface area contributed by atoms with E-state index in [0.29, 0.717) is 18.8 Å². The van der Waals surface area contributed by atoms with E-state index < -0.39 is 14.2 Å². The lowest BCUT2D eigenvalue weighted by atomic mass is 9.88. The van der Waals surface area contributed by atoms with Crippen LogP contribution in [-0.4, -0.2) is 40.2 Å². The number of benzene rings is 1. The van der Waals surface area contributed by atoms with E-state index >= 15 is 0 Å². The second kappa shape index (κ2) is 10.8. The fourth-order valence-corrected chi connectivity index (χ4v) is 6.29. The topological polar surface area (TPSA) is 54.0 Å². The van der Waals surface area contributed by atoms with Gasteiger partial charge in [0.2, 0.25) is 8.32 Å². The van der Waals surface area contributed by atoms with E-state index in [2.05, 4.69) is 20.8 Å². The number of ether oxygens (including phenoxy) is 3. The zero-order chi connectivity index (χ0) is 20.6. The lowest BCUT2D eigenvalue weighted by Gasteiger charge is -2.38. The van der Waals surface area contributed by atoms with Crippen molar-refractivity contribution in [2.45, 2.75) is 64.5 Å². The Balaban J connectivity index is 2.25. The number of carbonyl (C=O) groups is 1. The Morgan fingerprint density at radius 1 is 1.07 bits per heavy atom. The third kappa shape index (κ3) is 5.46. The summed E-state index contributed by atoms with van der Waals surface area (Å²) in [5.41, 5.74) is 0. The summed E-state index contributed by atoms with van der Waals surface area (Å²) in [5, 5.41) is 0. The highest BCUT2D eigenvalue weighted by molar-refractivity contribution is 6.73. The molecule has 5 nitrogen and oxygen atoms in total. The smallest absolute Gasteiger partial charge is 0.317 e. The van der Waals surface area contributed by atoms with Crippen molar-refractivity contribution in [3.8, 4) is 5.75 Å². The van der Waals surface area contributed by atoms with Gasteiger partial charge in [-0.25, -0.2) is 0 Å². The normalized spacial score (nSPS) is 22.5. The number of para-hydroxylation sites is 1. The quantitative estimate of drug-likeness (QED) is 0.313. The first-order chi connectivity index (χ1) is 13.5. The van der Waals surface area contributed by atoms with Crippen molar-refractivity contribution in [1.29, 1.82) is 0 Å². The molecule has 1 aromatic carbocycles. The molecule has 6 heteroatoms. The molecule has 3 atom stereocenters. The second-order valence-corrected chi connectivity index (χ2v) is 11.8. The van der Waals surface area contributed by atoms with Crippen molar-refractivity contribution in [2.75, 3.05) is 13.7 Å². The average Bonchev–Trinajstić information content (AvgIpc) is 2.73. The van der Waals surface area contributed by atoms with E-state index in [1.54, 1.807) is 19.2 Å². The van der Waals surface area contributed by atoms with Crippen molar-refractivity contribution in [2.24, 2.45) is 5.92 Å². The molecule has 0 N–H and O–H groups in total. The first-order valence-corrected chi connectivity index (χ1v) is 12.9. The van der Waals surface area contributed by atoms with Gasteiger partial charge < -0.3 is 18.6 Å². The van der Waals surface area contributed by atoms with Gasteiger partial charge in [0.15, 0.2) is 0 Å². The van der Waals surface area contributed by atoms with Crippen LogP contribution in [0.25, 0.3) is 0 Å². The summed E-state index contributed by atoms with van der Waals surface area (Å²) in [6.45, 7) is 9.04. The van der Waals surface area contributed by atoms with Gasteiger partial charge in [0, 0.05) is 13.7 Å². The highest BCUT2D eigenvalue weighted by atomic mass is 28.4. The molecule has 0 radical (unpaired) electrons. The van der Waals surface area contributed by atoms with Crippen molar-refractivity contribution >= 4 is 14.3 Å². The van der Waals surface area contributed by atoms with E-state index in [9.17, 15) is 4.79 Å². The van der Waals surface area contributed by atoms with Gasteiger partial charge in [0.25, 0.3) is 0 Å². The number of carbonyl (C=O) groups excluding carboxylic acids is 1. The summed E-state index contributed by atoms with van der Waals surface area (Å²) in [6.07, 6.45) is 1.79. The Morgan fingerprint density at radius 3 is 2.25 bits per heavy atom. The lowest BCUT2D eigenvalue weighted by Crippen LogP contribution is -2.44. The predicted molar refractivity (Wildman–Crippen MR) is 113 cm³/mol. The molecule has 0 unspecified atom stereocenters. The first-order valence-electron chi connectivity index (χ1n) is 10.3. The molecular weight excluding hydrogens is 372 g/mol. The van der Waals surface area contributed by atoms with Crippen LogP contribution in [-0.2, 0) is 18.7 Å². The van der Waals surface area contributed by atoms with Crippen molar-refractivity contribution in [3.05, 3.63) is 42.2 Å². The molecule has 0 heterocycles. The lowest BCUT2D eigenvalue weighted by molar-refractivity contribution is -0.145. The number of hydrogen-bond donors (Lipinski definition) is 0. The number of rotatable bonds is 10. The maximum absolute atomic E-state index is 12.9. The Kier molecular flexibility index (Phi) is 8.73. The molecular formula is C22H34O5Si. The second-order valence-electron chi connectivity index (χ2n) is 7.14. The third-order valence-electron chi connectivity index (χ3n) is 5.69. The van der Waals surface area contributed by atoms with Gasteiger partial charge in [-0.3, -0.25) is 4.79 Å². The zero-order valence-corrected chi connectivity index (χ0v) is 18.8. The summed E-state index contributed by atoms with van der Waals surface area (Å²) >= 11 is 0. The van der Waals surface area contributed by atoms with Crippen LogP contribution in [0.15, 0.2) is 42.2 Å². The van der Waals surface area contributed by atoms with Crippen molar-refractivity contribution < 1.29 is 23.4 Å². The SMILES string of the molecule is CCO[C@H]1C=C(O[Si](CC)(CC)CC)[C@@H](OC)C[C@H]1C(=O)Oc1ccccc1. The van der Waals surface area contributed by atoms with E-state index in [1.807, 2.05) is 31.2 Å². The molecule has 1 aromatic rings. The van der Waals surface area contributed by atoms with Crippen LogP contribution < -0.4 is 4.74 Å². The highest BCUT2D eigenvalue weighted by Crippen LogP contribution is 2.34. The minimum absolute atomic E-state index is 0.262. The molecule has 0 amide bonds. The van der Waals surface area contributed by atoms with E-state index in [4.69, 9.17) is 18.6 Å². The van der Waals surface area contributed by atoms with Crippen molar-refractivity contribution in [3.63, 3.8) is 0 Å². The maximum atomic E-state index is 12.9. The molecule has 1 aliphatic rings. The standard InChI is InChI=1S/C22H34O5Si/c1-6-25-19-16-21(27-28(7-2,8-3)9-4)20(24-5)15-18(19)22(23)26-17-13-11-10-12-14-17/h10-14,16,18-20H,6-9,15H2,1-5H3/t18-,19+,20+/m1/s1. The van der Waals surface area contributed by atoms with Crippen LogP contribution in [0.5, 0.6) is 5.75 Å². The Bertz CT molecular complexity index is 633. The van der Waals surface area contributed by atoms with Gasteiger partial charge in [0.1, 0.15) is 17.6 Å². The molecule has 2 rings (SSSR count). The highest BCUT2D eigenvalue weighted by Gasteiger charge is 2.41. The van der Waals surface area contributed by atoms with E-state index in [0.717, 1.165) is 23.9 Å². The summed E-state index contributed by atoms with van der Waals surface area (Å²) in [7, 11) is -0.183. The molecule has 28 heavy (non-hydrogen) atoms. The van der Waals surface area contributed by atoms with Gasteiger partial charge in [-0.15, -0.1) is 0 Å². The van der Waals surface area contributed by atoms with Gasteiger partial charge in [-0.05, 0) is 49.7 Å². The molecule has 0 fully saturated rings. The van der Waals surface area contributed by atoms with E-state index in [-0.39, 0.29) is 18.2 Å². The Hall–Kier alpha value is -1.63. The molecule has 0 spiro atoms. The minimum atomic E-state index is -1.85. The zero-order valence-electron chi connectivity index (χ0n) is 17.8. The van der Waals surface area contributed by atoms with Crippen LogP contribution in [0, 0.1) is 5.92 Å². The van der Waals surface area contributed by atoms with Gasteiger partial charge >= 0.3 is 5.97 Å². The first kappa shape index (κ1) is 22.7.